The molecule has 0 atom stereocenters. The summed E-state index contributed by atoms with van der Waals surface area (Å²) in [7, 11) is 3.04. The molecule has 0 aliphatic carbocycles. The quantitative estimate of drug-likeness (QED) is 0.605. The lowest BCUT2D eigenvalue weighted by Crippen LogP contribution is -2.39. The van der Waals surface area contributed by atoms with Gasteiger partial charge in [0.2, 0.25) is 5.39 Å². The van der Waals surface area contributed by atoms with Crippen LogP contribution in [0, 0.1) is 5.39 Å². The van der Waals surface area contributed by atoms with Crippen LogP contribution in [-0.2, 0) is 19.8 Å². The monoisotopic (exact) mass is 265 g/mol. The van der Waals surface area contributed by atoms with Gasteiger partial charge in [-0.1, -0.05) is 30.3 Å². The zero-order valence-corrected chi connectivity index (χ0v) is 10.9. The summed E-state index contributed by atoms with van der Waals surface area (Å²) in [6, 6.07) is 9.22. The van der Waals surface area contributed by atoms with Gasteiger partial charge in [0.25, 0.3) is 0 Å². The van der Waals surface area contributed by atoms with Crippen molar-refractivity contribution < 1.29 is 19.3 Å². The van der Waals surface area contributed by atoms with E-state index in [0.29, 0.717) is 0 Å². The molecular weight excluding hydrogens is 248 g/mol. The van der Waals surface area contributed by atoms with Crippen molar-refractivity contribution in [2.45, 2.75) is 5.60 Å². The van der Waals surface area contributed by atoms with E-state index >= 15 is 0 Å². The first-order chi connectivity index (χ1) is 9.18. The second-order valence-electron chi connectivity index (χ2n) is 3.91. The number of ether oxygens (including phenoxy) is 3. The van der Waals surface area contributed by atoms with E-state index in [2.05, 4.69) is 4.98 Å². The van der Waals surface area contributed by atoms with Gasteiger partial charge in [-0.05, 0) is 0 Å². The highest BCUT2D eigenvalue weighted by Gasteiger charge is 2.36. The van der Waals surface area contributed by atoms with E-state index < -0.39 is 11.5 Å². The maximum Gasteiger partial charge on any atom is 0.429 e. The fourth-order valence-corrected chi connectivity index (χ4v) is 1.81. The third-order valence-electron chi connectivity index (χ3n) is 2.52. The van der Waals surface area contributed by atoms with Crippen molar-refractivity contribution >= 4 is 0 Å². The normalized spacial score (nSPS) is 11.9. The zero-order chi connectivity index (χ0) is 14.1. The largest absolute Gasteiger partial charge is 0.476 e. The molecule has 19 heavy (non-hydrogen) atoms. The van der Waals surface area contributed by atoms with Crippen LogP contribution in [0.3, 0.4) is 0 Å². The van der Waals surface area contributed by atoms with Crippen molar-refractivity contribution in [2.24, 2.45) is 0 Å². The number of benzene rings is 1. The molecule has 0 amide bonds. The summed E-state index contributed by atoms with van der Waals surface area (Å²) < 4.78 is 15.8. The van der Waals surface area contributed by atoms with E-state index in [4.69, 9.17) is 19.6 Å². The molecule has 1 aromatic carbocycles. The molecule has 0 bridgehead atoms. The van der Waals surface area contributed by atoms with Gasteiger partial charge in [0.1, 0.15) is 0 Å². The minimum absolute atomic E-state index is 0.161. The lowest BCUT2D eigenvalue weighted by atomic mass is 9.95. The lowest BCUT2D eigenvalue weighted by molar-refractivity contribution is -0.129. The molecular formula is C13H17N2O4+. The Hall–Kier alpha value is -2.10. The van der Waals surface area contributed by atoms with Crippen molar-refractivity contribution in [1.29, 1.82) is 5.39 Å². The molecule has 0 aromatic heterocycles. The van der Waals surface area contributed by atoms with E-state index in [1.807, 2.05) is 30.3 Å². The fraction of sp³-hybridized carbons (Fsp3) is 0.385. The first kappa shape index (κ1) is 15.0. The van der Waals surface area contributed by atoms with Gasteiger partial charge in [0, 0.05) is 19.8 Å². The van der Waals surface area contributed by atoms with Gasteiger partial charge in [0.15, 0.2) is 10.6 Å². The second kappa shape index (κ2) is 7.36. The zero-order valence-electron chi connectivity index (χ0n) is 10.9. The molecule has 0 spiro atoms. The molecule has 0 aliphatic rings. The van der Waals surface area contributed by atoms with Crippen molar-refractivity contribution in [3.8, 4) is 0 Å². The third kappa shape index (κ3) is 3.95. The van der Waals surface area contributed by atoms with Gasteiger partial charge < -0.3 is 19.3 Å². The number of diazo groups is 1. The number of hydrogen-bond acceptors (Lipinski definition) is 5. The summed E-state index contributed by atoms with van der Waals surface area (Å²) in [6.45, 7) is 0.322. The van der Waals surface area contributed by atoms with E-state index in [-0.39, 0.29) is 13.2 Å². The maximum absolute atomic E-state index is 9.57. The topological polar surface area (TPSA) is 76.1 Å². The van der Waals surface area contributed by atoms with E-state index in [1.165, 1.54) is 14.2 Å². The molecule has 6 heteroatoms. The van der Waals surface area contributed by atoms with Crippen LogP contribution >= 0.6 is 0 Å². The minimum Gasteiger partial charge on any atom is -0.476 e. The highest BCUT2D eigenvalue weighted by atomic mass is 16.6. The highest BCUT2D eigenvalue weighted by Crippen LogP contribution is 2.29. The SMILES string of the molecule is COCC(COC)(O/C(O)=C\[N+]#N)c1ccccc1. The minimum atomic E-state index is -1.02. The Bertz CT molecular complexity index is 447. The maximum atomic E-state index is 9.57. The Labute approximate surface area is 111 Å². The molecule has 1 aromatic rings. The molecule has 0 saturated heterocycles. The number of hydrogen-bond donors (Lipinski definition) is 1. The summed E-state index contributed by atoms with van der Waals surface area (Å²) in [5.41, 5.74) is -0.243. The average Bonchev–Trinajstić information content (AvgIpc) is 2.40. The van der Waals surface area contributed by atoms with Crippen molar-refractivity contribution in [2.75, 3.05) is 27.4 Å². The number of methoxy groups -OCH3 is 2. The van der Waals surface area contributed by atoms with Crippen LogP contribution in [0.1, 0.15) is 5.56 Å². The van der Waals surface area contributed by atoms with Gasteiger partial charge in [-0.2, -0.15) is 0 Å². The van der Waals surface area contributed by atoms with Crippen LogP contribution < -0.4 is 0 Å². The highest BCUT2D eigenvalue weighted by molar-refractivity contribution is 5.24. The van der Waals surface area contributed by atoms with Crippen molar-refractivity contribution in [3.63, 3.8) is 0 Å². The molecule has 0 radical (unpaired) electrons. The van der Waals surface area contributed by atoms with E-state index in [9.17, 15) is 5.11 Å². The second-order valence-corrected chi connectivity index (χ2v) is 3.91. The molecule has 1 N–H and O–H groups in total. The van der Waals surface area contributed by atoms with Crippen LogP contribution in [-0.4, -0.2) is 32.5 Å². The molecule has 0 saturated carbocycles. The molecule has 0 unspecified atom stereocenters. The van der Waals surface area contributed by atoms with Gasteiger partial charge in [0.05, 0.1) is 13.2 Å². The van der Waals surface area contributed by atoms with Gasteiger partial charge in [-0.3, -0.25) is 0 Å². The Morgan fingerprint density at radius 3 is 2.32 bits per heavy atom. The Morgan fingerprint density at radius 2 is 1.84 bits per heavy atom. The number of aliphatic hydroxyl groups is 1. The van der Waals surface area contributed by atoms with E-state index in [0.717, 1.165) is 11.8 Å². The van der Waals surface area contributed by atoms with Gasteiger partial charge in [-0.25, -0.2) is 0 Å². The summed E-state index contributed by atoms with van der Waals surface area (Å²) in [5, 5.41) is 18.0. The first-order valence-corrected chi connectivity index (χ1v) is 5.64. The Balaban J connectivity index is 3.14. The summed E-state index contributed by atoms with van der Waals surface area (Å²) in [4.78, 5) is 2.72. The van der Waals surface area contributed by atoms with Crippen molar-refractivity contribution in [1.82, 2.24) is 0 Å². The average molecular weight is 265 g/mol. The molecule has 0 heterocycles. The summed E-state index contributed by atoms with van der Waals surface area (Å²) in [6.07, 6.45) is 0.795. The molecule has 102 valence electrons. The van der Waals surface area contributed by atoms with Crippen LogP contribution in [0.2, 0.25) is 0 Å². The smallest absolute Gasteiger partial charge is 0.429 e. The number of aliphatic hydroxyl groups excluding tert-OH is 1. The van der Waals surface area contributed by atoms with Gasteiger partial charge >= 0.3 is 12.1 Å². The molecule has 1 rings (SSSR count). The Kier molecular flexibility index (Phi) is 5.79. The van der Waals surface area contributed by atoms with Crippen LogP contribution in [0.25, 0.3) is 4.98 Å². The van der Waals surface area contributed by atoms with E-state index in [1.54, 1.807) is 0 Å². The van der Waals surface area contributed by atoms with Crippen LogP contribution in [0.4, 0.5) is 0 Å². The number of rotatable bonds is 7. The molecule has 0 fully saturated rings. The van der Waals surface area contributed by atoms with Crippen LogP contribution in [0.5, 0.6) is 0 Å². The Morgan fingerprint density at radius 1 is 1.26 bits per heavy atom. The van der Waals surface area contributed by atoms with Crippen molar-refractivity contribution in [3.05, 3.63) is 53.0 Å². The molecule has 6 nitrogen and oxygen atoms in total. The van der Waals surface area contributed by atoms with Crippen LogP contribution in [0.15, 0.2) is 42.5 Å². The summed E-state index contributed by atoms with van der Waals surface area (Å²) >= 11 is 0. The predicted octanol–water partition coefficient (Wildman–Crippen LogP) is 2.40. The third-order valence-corrected chi connectivity index (χ3v) is 2.52. The fourth-order valence-electron chi connectivity index (χ4n) is 1.81. The summed E-state index contributed by atoms with van der Waals surface area (Å²) in [5.74, 6) is -0.527. The first-order valence-electron chi connectivity index (χ1n) is 5.64. The standard InChI is InChI=1S/C13H16N2O4/c1-17-9-13(10-18-2,19-12(16)8-15-14)11-6-4-3-5-7-11/h3-8H,9-10H2,1-2H3/p+1/b12-8-. The number of nitrogens with zero attached hydrogens (tertiary/aromatic N) is 2. The predicted molar refractivity (Wildman–Crippen MR) is 68.8 cm³/mol. The molecule has 0 aliphatic heterocycles. The van der Waals surface area contributed by atoms with Gasteiger partial charge in [-0.15, -0.1) is 0 Å². The lowest BCUT2D eigenvalue weighted by Gasteiger charge is -2.32.